The van der Waals surface area contributed by atoms with E-state index in [2.05, 4.69) is 26.1 Å². The molecule has 1 rings (SSSR count). The molecule has 0 fully saturated rings. The fourth-order valence-corrected chi connectivity index (χ4v) is 1.74. The van der Waals surface area contributed by atoms with E-state index in [0.29, 0.717) is 12.0 Å². The van der Waals surface area contributed by atoms with E-state index in [4.69, 9.17) is 0 Å². The van der Waals surface area contributed by atoms with Gasteiger partial charge in [-0.3, -0.25) is 0 Å². The number of hydrogen-bond acceptors (Lipinski definition) is 1. The van der Waals surface area contributed by atoms with Gasteiger partial charge in [-0.1, -0.05) is 32.9 Å². The fraction of sp³-hybridized carbons (Fsp3) is 0.571. The number of benzene rings is 1. The Morgan fingerprint density at radius 1 is 1.06 bits per heavy atom. The molecule has 0 amide bonds. The summed E-state index contributed by atoms with van der Waals surface area (Å²) in [5.74, 6) is 0.407. The van der Waals surface area contributed by atoms with Gasteiger partial charge in [-0.05, 0) is 36.6 Å². The number of rotatable bonds is 5. The second-order valence-corrected chi connectivity index (χ2v) is 5.07. The average molecular weight is 259 g/mol. The lowest BCUT2D eigenvalue weighted by Gasteiger charge is -2.15. The van der Waals surface area contributed by atoms with Crippen LogP contribution in [0.5, 0.6) is 0 Å². The van der Waals surface area contributed by atoms with Crippen molar-refractivity contribution in [3.05, 3.63) is 35.4 Å². The number of halogens is 3. The van der Waals surface area contributed by atoms with Crippen LogP contribution in [0.15, 0.2) is 24.3 Å². The second-order valence-electron chi connectivity index (χ2n) is 5.07. The lowest BCUT2D eigenvalue weighted by atomic mass is 10.00. The summed E-state index contributed by atoms with van der Waals surface area (Å²) in [6.45, 7) is 7.11. The molecule has 1 unspecified atom stereocenters. The van der Waals surface area contributed by atoms with Gasteiger partial charge in [0.2, 0.25) is 0 Å². The minimum absolute atomic E-state index is 0.407. The van der Waals surface area contributed by atoms with Gasteiger partial charge in [0.15, 0.2) is 0 Å². The molecule has 0 bridgehead atoms. The molecule has 0 aromatic heterocycles. The topological polar surface area (TPSA) is 12.0 Å². The highest BCUT2D eigenvalue weighted by molar-refractivity contribution is 5.24. The average Bonchev–Trinajstić information content (AvgIpc) is 2.26. The van der Waals surface area contributed by atoms with Crippen LogP contribution in [-0.4, -0.2) is 12.6 Å². The highest BCUT2D eigenvalue weighted by Gasteiger charge is 2.29. The highest BCUT2D eigenvalue weighted by atomic mass is 19.4. The molecule has 1 N–H and O–H groups in total. The molecule has 0 spiro atoms. The van der Waals surface area contributed by atoms with Crippen molar-refractivity contribution in [2.75, 3.05) is 6.54 Å². The molecule has 1 nitrogen and oxygen atoms in total. The molecule has 1 atom stereocenters. The van der Waals surface area contributed by atoms with Crippen LogP contribution in [0.1, 0.15) is 31.9 Å². The summed E-state index contributed by atoms with van der Waals surface area (Å²) in [6, 6.07) is 5.86. The van der Waals surface area contributed by atoms with E-state index >= 15 is 0 Å². The zero-order valence-electron chi connectivity index (χ0n) is 11.0. The predicted octanol–water partition coefficient (Wildman–Crippen LogP) is 3.88. The van der Waals surface area contributed by atoms with Crippen molar-refractivity contribution >= 4 is 0 Å². The van der Waals surface area contributed by atoms with Crippen LogP contribution in [-0.2, 0) is 12.6 Å². The van der Waals surface area contributed by atoms with Gasteiger partial charge in [0.1, 0.15) is 0 Å². The Morgan fingerprint density at radius 3 is 2.06 bits per heavy atom. The normalized spacial score (nSPS) is 13.9. The van der Waals surface area contributed by atoms with E-state index < -0.39 is 11.7 Å². The number of hydrogen-bond donors (Lipinski definition) is 1. The fourth-order valence-electron chi connectivity index (χ4n) is 1.74. The van der Waals surface area contributed by atoms with Crippen LogP contribution < -0.4 is 5.32 Å². The van der Waals surface area contributed by atoms with E-state index in [-0.39, 0.29) is 0 Å². The van der Waals surface area contributed by atoms with Crippen LogP contribution in [0.2, 0.25) is 0 Å². The molecule has 0 saturated heterocycles. The molecular formula is C14H20F3N. The van der Waals surface area contributed by atoms with E-state index in [0.717, 1.165) is 30.7 Å². The molecule has 0 aliphatic carbocycles. The minimum atomic E-state index is -4.25. The maximum Gasteiger partial charge on any atom is 0.416 e. The minimum Gasteiger partial charge on any atom is -0.314 e. The molecule has 1 aromatic rings. The zero-order chi connectivity index (χ0) is 13.8. The molecular weight excluding hydrogens is 239 g/mol. The summed E-state index contributed by atoms with van der Waals surface area (Å²) in [4.78, 5) is 0. The Bertz CT molecular complexity index is 354. The van der Waals surface area contributed by atoms with Crippen LogP contribution in [0.4, 0.5) is 13.2 Å². The third kappa shape index (κ3) is 5.08. The molecule has 0 aliphatic heterocycles. The van der Waals surface area contributed by atoms with Crippen molar-refractivity contribution < 1.29 is 13.2 Å². The first kappa shape index (κ1) is 15.0. The second kappa shape index (κ2) is 6.23. The third-order valence-electron chi connectivity index (χ3n) is 2.74. The first-order valence-electron chi connectivity index (χ1n) is 6.18. The van der Waals surface area contributed by atoms with Crippen molar-refractivity contribution in [2.45, 2.75) is 39.4 Å². The molecule has 0 radical (unpaired) electrons. The lowest BCUT2D eigenvalue weighted by molar-refractivity contribution is -0.137. The molecule has 18 heavy (non-hydrogen) atoms. The van der Waals surface area contributed by atoms with E-state index in [1.807, 2.05) is 0 Å². The molecule has 0 saturated carbocycles. The predicted molar refractivity (Wildman–Crippen MR) is 67.5 cm³/mol. The van der Waals surface area contributed by atoms with E-state index in [1.54, 1.807) is 12.1 Å². The molecule has 0 aliphatic rings. The van der Waals surface area contributed by atoms with Gasteiger partial charge in [-0.15, -0.1) is 0 Å². The smallest absolute Gasteiger partial charge is 0.314 e. The van der Waals surface area contributed by atoms with Crippen LogP contribution in [0.3, 0.4) is 0 Å². The van der Waals surface area contributed by atoms with E-state index in [1.165, 1.54) is 0 Å². The monoisotopic (exact) mass is 259 g/mol. The van der Waals surface area contributed by atoms with Gasteiger partial charge in [0.05, 0.1) is 5.56 Å². The van der Waals surface area contributed by atoms with Gasteiger partial charge in [0, 0.05) is 6.04 Å². The summed E-state index contributed by atoms with van der Waals surface area (Å²) >= 11 is 0. The number of alkyl halides is 3. The van der Waals surface area contributed by atoms with Crippen LogP contribution in [0.25, 0.3) is 0 Å². The Labute approximate surface area is 106 Å². The first-order chi connectivity index (χ1) is 8.29. The van der Waals surface area contributed by atoms with Crippen molar-refractivity contribution in [1.82, 2.24) is 5.32 Å². The molecule has 0 heterocycles. The summed E-state index contributed by atoms with van der Waals surface area (Å²) in [5, 5.41) is 3.32. The van der Waals surface area contributed by atoms with Crippen molar-refractivity contribution in [3.8, 4) is 0 Å². The van der Waals surface area contributed by atoms with Crippen molar-refractivity contribution in [3.63, 3.8) is 0 Å². The van der Waals surface area contributed by atoms with Crippen molar-refractivity contribution in [1.29, 1.82) is 0 Å². The van der Waals surface area contributed by atoms with Gasteiger partial charge in [0.25, 0.3) is 0 Å². The molecule has 102 valence electrons. The van der Waals surface area contributed by atoms with Crippen LogP contribution in [0, 0.1) is 5.92 Å². The summed E-state index contributed by atoms with van der Waals surface area (Å²) in [6.07, 6.45) is -3.46. The Hall–Kier alpha value is -1.03. The quantitative estimate of drug-likeness (QED) is 0.846. The third-order valence-corrected chi connectivity index (χ3v) is 2.74. The largest absolute Gasteiger partial charge is 0.416 e. The Morgan fingerprint density at radius 2 is 1.61 bits per heavy atom. The molecule has 1 aromatic carbocycles. The number of nitrogens with one attached hydrogen (secondary N) is 1. The standard InChI is InChI=1S/C14H20F3N/c1-10(2)18-9-11(3)8-12-4-6-13(7-5-12)14(15,16)17/h4-7,10-11,18H,8-9H2,1-3H3. The van der Waals surface area contributed by atoms with Gasteiger partial charge in [-0.2, -0.15) is 13.2 Å². The van der Waals surface area contributed by atoms with Crippen molar-refractivity contribution in [2.24, 2.45) is 5.92 Å². The highest BCUT2D eigenvalue weighted by Crippen LogP contribution is 2.29. The molecule has 4 heteroatoms. The maximum absolute atomic E-state index is 12.4. The van der Waals surface area contributed by atoms with Crippen LogP contribution >= 0.6 is 0 Å². The lowest BCUT2D eigenvalue weighted by Crippen LogP contribution is -2.28. The zero-order valence-corrected chi connectivity index (χ0v) is 11.0. The SMILES string of the molecule is CC(CNC(C)C)Cc1ccc(C(F)(F)F)cc1. The van der Waals surface area contributed by atoms with Gasteiger partial charge < -0.3 is 5.32 Å². The Balaban J connectivity index is 2.53. The first-order valence-corrected chi connectivity index (χ1v) is 6.18. The van der Waals surface area contributed by atoms with Gasteiger partial charge >= 0.3 is 6.18 Å². The summed E-state index contributed by atoms with van der Waals surface area (Å²) < 4.78 is 37.1. The van der Waals surface area contributed by atoms with E-state index in [9.17, 15) is 13.2 Å². The van der Waals surface area contributed by atoms with Gasteiger partial charge in [-0.25, -0.2) is 0 Å². The Kier molecular flexibility index (Phi) is 5.20. The summed E-state index contributed by atoms with van der Waals surface area (Å²) in [5.41, 5.74) is 0.361. The summed E-state index contributed by atoms with van der Waals surface area (Å²) in [7, 11) is 0. The maximum atomic E-state index is 12.4.